The normalized spacial score (nSPS) is 33.7. The first-order valence-corrected chi connectivity index (χ1v) is 18.4. The van der Waals surface area contributed by atoms with E-state index in [2.05, 4.69) is 13.5 Å². The Morgan fingerprint density at radius 2 is 1.76 bits per heavy atom. The summed E-state index contributed by atoms with van der Waals surface area (Å²) in [6, 6.07) is 0. The third-order valence-electron chi connectivity index (χ3n) is 9.55. The van der Waals surface area contributed by atoms with Crippen molar-refractivity contribution in [3.8, 4) is 0 Å². The molecule has 3 rings (SSSR count). The van der Waals surface area contributed by atoms with Crippen LogP contribution in [0.4, 0.5) is 0 Å². The van der Waals surface area contributed by atoms with E-state index >= 15 is 0 Å². The highest BCUT2D eigenvalue weighted by molar-refractivity contribution is 5.83. The second-order valence-electron chi connectivity index (χ2n) is 14.2. The van der Waals surface area contributed by atoms with Gasteiger partial charge in [0, 0.05) is 44.0 Å². The van der Waals surface area contributed by atoms with E-state index in [9.17, 15) is 29.7 Å². The maximum atomic E-state index is 13.3. The highest BCUT2D eigenvalue weighted by Gasteiger charge is 2.57. The molecule has 2 fully saturated rings. The third-order valence-corrected chi connectivity index (χ3v) is 9.55. The van der Waals surface area contributed by atoms with Gasteiger partial charge in [-0.1, -0.05) is 58.6 Å². The van der Waals surface area contributed by atoms with Crippen LogP contribution < -0.4 is 0 Å². The van der Waals surface area contributed by atoms with Gasteiger partial charge in [0.05, 0.1) is 44.6 Å². The quantitative estimate of drug-likeness (QED) is 0.0902. The topological polar surface area (TPSA) is 177 Å². The van der Waals surface area contributed by atoms with Gasteiger partial charge in [-0.2, -0.15) is 0 Å². The summed E-state index contributed by atoms with van der Waals surface area (Å²) in [5, 5.41) is 33.3. The molecule has 51 heavy (non-hydrogen) atoms. The maximum Gasteiger partial charge on any atom is 0.330 e. The number of aliphatic hydroxyl groups is 3. The first-order chi connectivity index (χ1) is 24.3. The zero-order valence-electron chi connectivity index (χ0n) is 30.8. The van der Waals surface area contributed by atoms with Crippen LogP contribution in [0.25, 0.3) is 0 Å². The Labute approximate surface area is 302 Å². The Kier molecular flexibility index (Phi) is 17.7. The van der Waals surface area contributed by atoms with Gasteiger partial charge < -0.3 is 48.5 Å². The number of fused-ring (bicyclic) bond motifs is 4. The number of carbonyl (C=O) groups is 3. The molecule has 2 saturated heterocycles. The van der Waals surface area contributed by atoms with E-state index in [-0.39, 0.29) is 56.5 Å². The lowest BCUT2D eigenvalue weighted by molar-refractivity contribution is -0.327. The molecule has 0 saturated carbocycles. The number of hydrogen-bond acceptors (Lipinski definition) is 13. The van der Waals surface area contributed by atoms with Gasteiger partial charge in [-0.25, -0.2) is 4.79 Å². The molecule has 0 spiro atoms. The Hall–Kier alpha value is -2.65. The number of esters is 3. The van der Waals surface area contributed by atoms with Crippen molar-refractivity contribution in [3.05, 3.63) is 36.5 Å². The van der Waals surface area contributed by atoms with Gasteiger partial charge in [-0.05, 0) is 43.8 Å². The zero-order chi connectivity index (χ0) is 37.4. The summed E-state index contributed by atoms with van der Waals surface area (Å²) in [5.74, 6) is -4.29. The minimum atomic E-state index is -2.27. The predicted molar refractivity (Wildman–Crippen MR) is 186 cm³/mol. The molecule has 3 N–H and O–H groups in total. The molecule has 8 atom stereocenters. The average Bonchev–Trinajstić information content (AvgIpc) is 3.08. The molecule has 0 radical (unpaired) electrons. The van der Waals surface area contributed by atoms with Crippen molar-refractivity contribution < 1.29 is 62.9 Å². The van der Waals surface area contributed by atoms with E-state index in [4.69, 9.17) is 33.2 Å². The van der Waals surface area contributed by atoms with E-state index < -0.39 is 66.4 Å². The first kappa shape index (κ1) is 42.8. The van der Waals surface area contributed by atoms with Crippen LogP contribution in [-0.2, 0) is 47.5 Å². The van der Waals surface area contributed by atoms with Gasteiger partial charge in [0.25, 0.3) is 0 Å². The number of cyclic esters (lactones) is 1. The lowest BCUT2D eigenvalue weighted by Crippen LogP contribution is -2.62. The molecule has 13 heteroatoms. The highest BCUT2D eigenvalue weighted by Crippen LogP contribution is 2.47. The summed E-state index contributed by atoms with van der Waals surface area (Å²) >= 11 is 0. The van der Waals surface area contributed by atoms with Gasteiger partial charge in [-0.15, -0.1) is 6.58 Å². The summed E-state index contributed by atoms with van der Waals surface area (Å²) in [5.41, 5.74) is -1.08. The van der Waals surface area contributed by atoms with Gasteiger partial charge in [0.1, 0.15) is 6.10 Å². The third kappa shape index (κ3) is 13.4. The first-order valence-electron chi connectivity index (χ1n) is 18.4. The average molecular weight is 725 g/mol. The SMILES string of the molecule is C=CC[C@H]1C[C@H]2CCOCC[C@@H](O)CC(=O)O[C@@H](CO)CC3C/C(=C\C(=O)OC)[C@H](OC(=O)CCCCCCC)[C@@](O)(O3)C(C)(C)/C=C/[C@H](O2)O1. The molecule has 290 valence electrons. The molecule has 1 unspecified atom stereocenters. The number of carbonyl (C=O) groups excluding carboxylic acids is 3. The van der Waals surface area contributed by atoms with Gasteiger partial charge in [0.2, 0.25) is 5.79 Å². The second-order valence-corrected chi connectivity index (χ2v) is 14.2. The monoisotopic (exact) mass is 724 g/mol. The van der Waals surface area contributed by atoms with Crippen LogP contribution in [0, 0.1) is 5.41 Å². The van der Waals surface area contributed by atoms with Crippen LogP contribution in [0.5, 0.6) is 0 Å². The van der Waals surface area contributed by atoms with Gasteiger partial charge >= 0.3 is 17.9 Å². The number of methoxy groups -OCH3 is 1. The van der Waals surface area contributed by atoms with Gasteiger partial charge in [0.15, 0.2) is 12.4 Å². The van der Waals surface area contributed by atoms with Crippen molar-refractivity contribution in [2.45, 2.75) is 153 Å². The van der Waals surface area contributed by atoms with Crippen molar-refractivity contribution in [2.75, 3.05) is 26.9 Å². The lowest BCUT2D eigenvalue weighted by Gasteiger charge is -2.51. The molecule has 0 aromatic rings. The number of rotatable bonds is 11. The van der Waals surface area contributed by atoms with Crippen molar-refractivity contribution in [1.82, 2.24) is 0 Å². The molecule has 0 amide bonds. The summed E-state index contributed by atoms with van der Waals surface area (Å²) in [7, 11) is 1.21. The number of hydrogen-bond donors (Lipinski definition) is 3. The predicted octanol–water partition coefficient (Wildman–Crippen LogP) is 4.35. The number of unbranched alkanes of at least 4 members (excludes halogenated alkanes) is 4. The number of ether oxygens (including phenoxy) is 7. The van der Waals surface area contributed by atoms with Crippen molar-refractivity contribution in [1.29, 1.82) is 0 Å². The van der Waals surface area contributed by atoms with Gasteiger partial charge in [-0.3, -0.25) is 9.59 Å². The van der Waals surface area contributed by atoms with E-state index in [0.717, 1.165) is 25.7 Å². The Morgan fingerprint density at radius 1 is 1.04 bits per heavy atom. The molecule has 3 aliphatic heterocycles. The van der Waals surface area contributed by atoms with E-state index in [1.54, 1.807) is 32.1 Å². The minimum Gasteiger partial charge on any atom is -0.466 e. The van der Waals surface area contributed by atoms with Crippen molar-refractivity contribution in [2.24, 2.45) is 5.41 Å². The zero-order valence-corrected chi connectivity index (χ0v) is 30.8. The summed E-state index contributed by atoms with van der Waals surface area (Å²) in [4.78, 5) is 38.7. The second kappa shape index (κ2) is 21.2. The smallest absolute Gasteiger partial charge is 0.330 e. The fraction of sp³-hybridized carbons (Fsp3) is 0.763. The molecule has 4 bridgehead atoms. The Morgan fingerprint density at radius 3 is 2.47 bits per heavy atom. The van der Waals surface area contributed by atoms with Crippen LogP contribution in [0.2, 0.25) is 0 Å². The van der Waals surface area contributed by atoms with Crippen LogP contribution >= 0.6 is 0 Å². The van der Waals surface area contributed by atoms with E-state index in [1.807, 2.05) is 0 Å². The molecule has 3 heterocycles. The Balaban J connectivity index is 2.04. The lowest BCUT2D eigenvalue weighted by atomic mass is 9.74. The molecule has 0 aromatic heterocycles. The van der Waals surface area contributed by atoms with Crippen LogP contribution in [0.15, 0.2) is 36.5 Å². The van der Waals surface area contributed by atoms with Crippen LogP contribution in [0.3, 0.4) is 0 Å². The molecular formula is C38H60O13. The largest absolute Gasteiger partial charge is 0.466 e. The Bertz CT molecular complexity index is 1180. The molecular weight excluding hydrogens is 664 g/mol. The van der Waals surface area contributed by atoms with E-state index in [0.29, 0.717) is 32.3 Å². The van der Waals surface area contributed by atoms with Crippen LogP contribution in [-0.4, -0.2) is 109 Å². The summed E-state index contributed by atoms with van der Waals surface area (Å²) < 4.78 is 41.0. The molecule has 0 aromatic carbocycles. The maximum absolute atomic E-state index is 13.3. The molecule has 0 aliphatic carbocycles. The molecule has 13 nitrogen and oxygen atoms in total. The van der Waals surface area contributed by atoms with Crippen molar-refractivity contribution >= 4 is 17.9 Å². The highest BCUT2D eigenvalue weighted by atomic mass is 16.7. The van der Waals surface area contributed by atoms with Crippen molar-refractivity contribution in [3.63, 3.8) is 0 Å². The van der Waals surface area contributed by atoms with E-state index in [1.165, 1.54) is 13.2 Å². The summed E-state index contributed by atoms with van der Waals surface area (Å²) in [6.07, 6.45) is 6.85. The number of aliphatic hydroxyl groups excluding tert-OH is 2. The summed E-state index contributed by atoms with van der Waals surface area (Å²) in [6.45, 7) is 9.35. The standard InChI is InChI=1S/C38H60O13/c1-6-8-9-10-11-13-32(41)50-36-26(21-33(42)45-5)20-30-24-31(25-39)47-34(43)22-27(40)15-18-46-19-16-29-23-28(12-7-2)48-35(49-29)14-17-37(3,4)38(36,44)51-30/h7,14,17,21,27-31,35-36,39-40,44H,2,6,8-13,15-16,18-20,22-25H2,1,3-5H3/b17-14+,26-21+/t27-,28+,29-,30?,31-,35+,36+,38-/m1/s1. The fourth-order valence-corrected chi connectivity index (χ4v) is 6.55. The fourth-order valence-electron chi connectivity index (χ4n) is 6.55. The molecule has 3 aliphatic rings. The van der Waals surface area contributed by atoms with Crippen LogP contribution in [0.1, 0.15) is 104 Å². The minimum absolute atomic E-state index is 0.0145.